The van der Waals surface area contributed by atoms with Gasteiger partial charge in [-0.2, -0.15) is 0 Å². The van der Waals surface area contributed by atoms with Gasteiger partial charge in [-0.15, -0.1) is 11.3 Å². The maximum absolute atomic E-state index is 7.65. The van der Waals surface area contributed by atoms with E-state index in [9.17, 15) is 0 Å². The molecular weight excluding hydrogens is 390 g/mol. The van der Waals surface area contributed by atoms with Crippen LogP contribution in [0.1, 0.15) is 11.1 Å². The second-order valence-corrected chi connectivity index (χ2v) is 7.40. The molecule has 0 spiro atoms. The molecular formula is C13H13Br2N3S. The Morgan fingerprint density at radius 3 is 2.68 bits per heavy atom. The van der Waals surface area contributed by atoms with Gasteiger partial charge in [0.15, 0.2) is 0 Å². The van der Waals surface area contributed by atoms with Gasteiger partial charge in [0.2, 0.25) is 0 Å². The fraction of sp³-hybridized carbons (Fsp3) is 0.154. The number of anilines is 1. The van der Waals surface area contributed by atoms with Crippen molar-refractivity contribution >= 4 is 54.7 Å². The molecule has 0 aliphatic heterocycles. The summed E-state index contributed by atoms with van der Waals surface area (Å²) in [7, 11) is 2.00. The summed E-state index contributed by atoms with van der Waals surface area (Å²) in [5, 5.41) is 9.77. The largest absolute Gasteiger partial charge is 0.384 e. The molecule has 3 nitrogen and oxygen atoms in total. The molecule has 0 fully saturated rings. The summed E-state index contributed by atoms with van der Waals surface area (Å²) in [5.41, 5.74) is 8.56. The molecule has 0 unspecified atom stereocenters. The first-order valence-electron chi connectivity index (χ1n) is 5.55. The van der Waals surface area contributed by atoms with Gasteiger partial charge >= 0.3 is 0 Å². The lowest BCUT2D eigenvalue weighted by atomic mass is 10.1. The van der Waals surface area contributed by atoms with Crippen LogP contribution in [0.2, 0.25) is 0 Å². The zero-order chi connectivity index (χ0) is 14.0. The summed E-state index contributed by atoms with van der Waals surface area (Å²) in [6.07, 6.45) is 0. The summed E-state index contributed by atoms with van der Waals surface area (Å²) >= 11 is 8.59. The van der Waals surface area contributed by atoms with Gasteiger partial charge in [-0.05, 0) is 51.1 Å². The third-order valence-corrected chi connectivity index (χ3v) is 4.75. The molecule has 0 radical (unpaired) electrons. The molecule has 0 amide bonds. The summed E-state index contributed by atoms with van der Waals surface area (Å²) in [6.45, 7) is 0.777. The normalized spacial score (nSPS) is 10.5. The van der Waals surface area contributed by atoms with Crippen LogP contribution in [0.5, 0.6) is 0 Å². The van der Waals surface area contributed by atoms with Crippen LogP contribution in [0.15, 0.2) is 37.9 Å². The topological polar surface area (TPSA) is 53.1 Å². The van der Waals surface area contributed by atoms with E-state index in [-0.39, 0.29) is 5.84 Å². The monoisotopic (exact) mass is 401 g/mol. The van der Waals surface area contributed by atoms with Gasteiger partial charge in [0.1, 0.15) is 5.84 Å². The molecule has 1 aromatic carbocycles. The highest BCUT2D eigenvalue weighted by molar-refractivity contribution is 9.11. The van der Waals surface area contributed by atoms with E-state index in [2.05, 4.69) is 48.2 Å². The highest BCUT2D eigenvalue weighted by atomic mass is 79.9. The molecule has 0 atom stereocenters. The van der Waals surface area contributed by atoms with Crippen molar-refractivity contribution in [1.29, 1.82) is 5.41 Å². The smallest absolute Gasteiger partial charge is 0.124 e. The van der Waals surface area contributed by atoms with E-state index in [1.165, 1.54) is 5.56 Å². The zero-order valence-corrected chi connectivity index (χ0v) is 14.3. The second-order valence-electron chi connectivity index (χ2n) is 4.19. The number of rotatable bonds is 4. The van der Waals surface area contributed by atoms with Gasteiger partial charge < -0.3 is 10.6 Å². The van der Waals surface area contributed by atoms with Crippen LogP contribution in [-0.4, -0.2) is 12.9 Å². The third-order valence-electron chi connectivity index (χ3n) is 2.70. The Bertz CT molecular complexity index is 610. The summed E-state index contributed by atoms with van der Waals surface area (Å²) in [5.74, 6) is 0.0841. The number of nitrogen functional groups attached to an aromatic ring is 1. The van der Waals surface area contributed by atoms with Crippen LogP contribution in [-0.2, 0) is 6.54 Å². The van der Waals surface area contributed by atoms with E-state index >= 15 is 0 Å². The average Bonchev–Trinajstić information content (AvgIpc) is 2.74. The van der Waals surface area contributed by atoms with Crippen LogP contribution in [0.3, 0.4) is 0 Å². The first-order valence-corrected chi connectivity index (χ1v) is 8.02. The Morgan fingerprint density at radius 2 is 2.11 bits per heavy atom. The molecule has 0 bridgehead atoms. The lowest BCUT2D eigenvalue weighted by Crippen LogP contribution is -2.21. The van der Waals surface area contributed by atoms with E-state index in [1.807, 2.05) is 25.2 Å². The molecule has 19 heavy (non-hydrogen) atoms. The Hall–Kier alpha value is -0.850. The van der Waals surface area contributed by atoms with E-state index in [0.29, 0.717) is 0 Å². The SMILES string of the molecule is CN(Cc1csc(Br)c1)c1cc(Br)ccc1C(=N)N. The van der Waals surface area contributed by atoms with Gasteiger partial charge in [-0.3, -0.25) is 5.41 Å². The highest BCUT2D eigenvalue weighted by Gasteiger charge is 2.11. The van der Waals surface area contributed by atoms with E-state index < -0.39 is 0 Å². The number of hydrogen-bond donors (Lipinski definition) is 2. The fourth-order valence-corrected chi connectivity index (χ4v) is 3.39. The van der Waals surface area contributed by atoms with Crippen molar-refractivity contribution in [1.82, 2.24) is 0 Å². The predicted octanol–water partition coefficient (Wildman–Crippen LogP) is 4.19. The molecule has 2 aromatic rings. The van der Waals surface area contributed by atoms with Crippen molar-refractivity contribution in [2.75, 3.05) is 11.9 Å². The Balaban J connectivity index is 2.29. The van der Waals surface area contributed by atoms with Crippen LogP contribution in [0.25, 0.3) is 0 Å². The van der Waals surface area contributed by atoms with Crippen molar-refractivity contribution in [2.45, 2.75) is 6.54 Å². The number of nitrogens with two attached hydrogens (primary N) is 1. The number of hydrogen-bond acceptors (Lipinski definition) is 3. The molecule has 0 saturated heterocycles. The first kappa shape index (κ1) is 14.6. The summed E-state index contributed by atoms with van der Waals surface area (Å²) in [6, 6.07) is 7.85. The van der Waals surface area contributed by atoms with Crippen LogP contribution >= 0.6 is 43.2 Å². The fourth-order valence-electron chi connectivity index (χ4n) is 1.84. The maximum atomic E-state index is 7.65. The molecule has 6 heteroatoms. The number of nitrogens with one attached hydrogen (secondary N) is 1. The molecule has 0 aliphatic rings. The lowest BCUT2D eigenvalue weighted by molar-refractivity contribution is 0.925. The number of nitrogens with zero attached hydrogens (tertiary/aromatic N) is 1. The van der Waals surface area contributed by atoms with Crippen molar-refractivity contribution in [3.05, 3.63) is 49.0 Å². The second kappa shape index (κ2) is 6.07. The van der Waals surface area contributed by atoms with Gasteiger partial charge in [-0.1, -0.05) is 15.9 Å². The van der Waals surface area contributed by atoms with Crippen molar-refractivity contribution in [3.63, 3.8) is 0 Å². The molecule has 0 saturated carbocycles. The van der Waals surface area contributed by atoms with Gasteiger partial charge in [0.25, 0.3) is 0 Å². The van der Waals surface area contributed by atoms with Crippen LogP contribution in [0.4, 0.5) is 5.69 Å². The number of benzene rings is 1. The van der Waals surface area contributed by atoms with Crippen molar-refractivity contribution in [2.24, 2.45) is 5.73 Å². The first-order chi connectivity index (χ1) is 8.97. The highest BCUT2D eigenvalue weighted by Crippen LogP contribution is 2.27. The van der Waals surface area contributed by atoms with E-state index in [0.717, 1.165) is 26.1 Å². The number of halogens is 2. The molecule has 1 aromatic heterocycles. The lowest BCUT2D eigenvalue weighted by Gasteiger charge is -2.22. The minimum Gasteiger partial charge on any atom is -0.384 e. The molecule has 3 N–H and O–H groups in total. The van der Waals surface area contributed by atoms with Crippen molar-refractivity contribution in [3.8, 4) is 0 Å². The number of amidine groups is 1. The Labute approximate surface area is 133 Å². The van der Waals surface area contributed by atoms with Crippen LogP contribution in [0, 0.1) is 5.41 Å². The average molecular weight is 403 g/mol. The third kappa shape index (κ3) is 3.58. The van der Waals surface area contributed by atoms with E-state index in [1.54, 1.807) is 11.3 Å². The number of thiophene rings is 1. The minimum absolute atomic E-state index is 0.0841. The predicted molar refractivity (Wildman–Crippen MR) is 89.3 cm³/mol. The molecule has 0 aliphatic carbocycles. The maximum Gasteiger partial charge on any atom is 0.124 e. The molecule has 100 valence electrons. The minimum atomic E-state index is 0.0841. The van der Waals surface area contributed by atoms with Gasteiger partial charge in [-0.25, -0.2) is 0 Å². The Morgan fingerprint density at radius 1 is 1.37 bits per heavy atom. The zero-order valence-electron chi connectivity index (χ0n) is 10.3. The summed E-state index contributed by atoms with van der Waals surface area (Å²) in [4.78, 5) is 2.09. The van der Waals surface area contributed by atoms with Gasteiger partial charge in [0, 0.05) is 29.3 Å². The molecule has 1 heterocycles. The standard InChI is InChI=1S/C13H13Br2N3S/c1-18(6-8-4-12(15)19-7-8)11-5-9(14)2-3-10(11)13(16)17/h2-5,7H,6H2,1H3,(H3,16,17). The summed E-state index contributed by atoms with van der Waals surface area (Å²) < 4.78 is 2.10. The quantitative estimate of drug-likeness (QED) is 0.594. The van der Waals surface area contributed by atoms with Crippen LogP contribution < -0.4 is 10.6 Å². The van der Waals surface area contributed by atoms with E-state index in [4.69, 9.17) is 11.1 Å². The molecule has 2 rings (SSSR count). The Kier molecular flexibility index (Phi) is 4.65. The van der Waals surface area contributed by atoms with Gasteiger partial charge in [0.05, 0.1) is 3.79 Å². The van der Waals surface area contributed by atoms with Crippen molar-refractivity contribution < 1.29 is 0 Å².